The van der Waals surface area contributed by atoms with Gasteiger partial charge in [0.05, 0.1) is 32.5 Å². The molecule has 1 fully saturated rings. The summed E-state index contributed by atoms with van der Waals surface area (Å²) >= 11 is 0. The van der Waals surface area contributed by atoms with Crippen molar-refractivity contribution in [3.8, 4) is 0 Å². The van der Waals surface area contributed by atoms with Crippen molar-refractivity contribution in [2.24, 2.45) is 0 Å². The van der Waals surface area contributed by atoms with Crippen LogP contribution < -0.4 is 20.0 Å². The molecular weight excluding hydrogens is 583 g/mol. The zero-order valence-corrected chi connectivity index (χ0v) is 27.1. The number of hydrogen-bond donors (Lipinski definition) is 1. The zero-order valence-electron chi connectivity index (χ0n) is 27.1. The Morgan fingerprint density at radius 1 is 0.778 bits per heavy atom. The molecule has 248 valence electrons. The molecule has 3 heterocycles. The van der Waals surface area contributed by atoms with Gasteiger partial charge in [0.25, 0.3) is 0 Å². The normalized spacial score (nSPS) is 13.9. The monoisotopic (exact) mass is 630 g/mol. The Hall–Kier alpha value is -3.43. The number of rotatable bonds is 19. The number of ether oxygens (including phenoxy) is 5. The number of halogens is 1. The molecule has 1 saturated heterocycles. The molecule has 0 atom stereocenters. The summed E-state index contributed by atoms with van der Waals surface area (Å²) in [6.07, 6.45) is 1.93. The maximum absolute atomic E-state index is 14.1. The number of methoxy groups -OCH3 is 5. The number of aromatic nitrogens is 4. The Morgan fingerprint density at radius 3 is 1.87 bits per heavy atom. The second kappa shape index (κ2) is 17.9. The third-order valence-electron chi connectivity index (χ3n) is 7.75. The summed E-state index contributed by atoms with van der Waals surface area (Å²) in [5.41, 5.74) is 1.97. The fraction of sp³-hybridized carbons (Fsp3) is 0.613. The zero-order chi connectivity index (χ0) is 32.0. The van der Waals surface area contributed by atoms with E-state index in [0.29, 0.717) is 87.9 Å². The van der Waals surface area contributed by atoms with Crippen LogP contribution in [0.1, 0.15) is 18.4 Å². The summed E-state index contributed by atoms with van der Waals surface area (Å²) < 4.78 is 41.3. The molecule has 0 spiro atoms. The second-order valence-electron chi connectivity index (χ2n) is 10.8. The predicted molar refractivity (Wildman–Crippen MR) is 173 cm³/mol. The van der Waals surface area contributed by atoms with Gasteiger partial charge in [-0.1, -0.05) is 12.1 Å². The standard InChI is InChI=1S/C31H47FN8O5/c1-41-17-13-39(14-18-42-2)30-35-27-26(28(36-30)33-22-23-7-6-8-24(32)21-23)34-31(40(15-19-43-3)16-20-44-4)37-29(27)38-11-9-25(45-5)10-12-38/h6-8,21,25H,9-20,22H2,1-5H3,(H,33,35,36). The fourth-order valence-electron chi connectivity index (χ4n) is 5.17. The summed E-state index contributed by atoms with van der Waals surface area (Å²) in [5.74, 6) is 1.97. The van der Waals surface area contributed by atoms with Gasteiger partial charge in [-0.05, 0) is 30.5 Å². The summed E-state index contributed by atoms with van der Waals surface area (Å²) in [5, 5.41) is 3.43. The summed E-state index contributed by atoms with van der Waals surface area (Å²) in [6, 6.07) is 6.49. The van der Waals surface area contributed by atoms with Gasteiger partial charge in [0, 0.05) is 81.4 Å². The van der Waals surface area contributed by atoms with E-state index in [1.807, 2.05) is 15.9 Å². The Kier molecular flexibility index (Phi) is 13.7. The first-order valence-corrected chi connectivity index (χ1v) is 15.3. The van der Waals surface area contributed by atoms with Crippen LogP contribution in [0.25, 0.3) is 11.0 Å². The van der Waals surface area contributed by atoms with E-state index in [2.05, 4.69) is 10.2 Å². The number of fused-ring (bicyclic) bond motifs is 1. The molecule has 0 unspecified atom stereocenters. The quantitative estimate of drug-likeness (QED) is 0.209. The van der Waals surface area contributed by atoms with Crippen LogP contribution in [0, 0.1) is 5.82 Å². The lowest BCUT2D eigenvalue weighted by atomic mass is 10.1. The Labute approximate surface area is 265 Å². The Bertz CT molecular complexity index is 1310. The molecule has 1 aromatic carbocycles. The topological polar surface area (TPSA) is 119 Å². The van der Waals surface area contributed by atoms with E-state index < -0.39 is 0 Å². The molecule has 14 heteroatoms. The number of anilines is 4. The lowest BCUT2D eigenvalue weighted by molar-refractivity contribution is 0.0818. The van der Waals surface area contributed by atoms with E-state index in [1.54, 1.807) is 41.6 Å². The van der Waals surface area contributed by atoms with Crippen LogP contribution in [0.3, 0.4) is 0 Å². The van der Waals surface area contributed by atoms with Gasteiger partial charge in [-0.15, -0.1) is 0 Å². The third-order valence-corrected chi connectivity index (χ3v) is 7.75. The van der Waals surface area contributed by atoms with E-state index in [9.17, 15) is 4.39 Å². The van der Waals surface area contributed by atoms with E-state index >= 15 is 0 Å². The lowest BCUT2D eigenvalue weighted by Gasteiger charge is -2.33. The minimum atomic E-state index is -0.300. The molecule has 0 aliphatic carbocycles. The first-order valence-electron chi connectivity index (χ1n) is 15.3. The number of benzene rings is 1. The predicted octanol–water partition coefficient (Wildman–Crippen LogP) is 2.98. The number of nitrogens with zero attached hydrogens (tertiary/aromatic N) is 7. The molecule has 45 heavy (non-hydrogen) atoms. The van der Waals surface area contributed by atoms with Crippen molar-refractivity contribution in [3.63, 3.8) is 0 Å². The van der Waals surface area contributed by atoms with Crippen molar-refractivity contribution in [1.82, 2.24) is 19.9 Å². The molecule has 0 bridgehead atoms. The first kappa shape index (κ1) is 34.4. The van der Waals surface area contributed by atoms with Gasteiger partial charge >= 0.3 is 0 Å². The molecule has 1 aliphatic heterocycles. The van der Waals surface area contributed by atoms with E-state index in [4.69, 9.17) is 43.6 Å². The Morgan fingerprint density at radius 2 is 1.33 bits per heavy atom. The van der Waals surface area contributed by atoms with Crippen molar-refractivity contribution in [3.05, 3.63) is 35.6 Å². The van der Waals surface area contributed by atoms with Crippen molar-refractivity contribution in [2.75, 3.05) is 121 Å². The van der Waals surface area contributed by atoms with Gasteiger partial charge in [-0.25, -0.2) is 14.4 Å². The highest BCUT2D eigenvalue weighted by Crippen LogP contribution is 2.33. The van der Waals surface area contributed by atoms with E-state index in [1.165, 1.54) is 12.1 Å². The van der Waals surface area contributed by atoms with Crippen LogP contribution in [0.5, 0.6) is 0 Å². The SMILES string of the molecule is COCCN(CCOC)c1nc(N2CCC(OC)CC2)c2nc(N(CCOC)CCOC)nc(NCc3cccc(F)c3)c2n1. The molecule has 4 rings (SSSR count). The fourth-order valence-corrected chi connectivity index (χ4v) is 5.17. The molecule has 0 saturated carbocycles. The minimum absolute atomic E-state index is 0.195. The Balaban J connectivity index is 1.89. The third kappa shape index (κ3) is 9.53. The van der Waals surface area contributed by atoms with Gasteiger partial charge in [0.2, 0.25) is 11.9 Å². The summed E-state index contributed by atoms with van der Waals surface area (Å²) in [6.45, 7) is 6.06. The maximum Gasteiger partial charge on any atom is 0.228 e. The highest BCUT2D eigenvalue weighted by atomic mass is 19.1. The summed E-state index contributed by atoms with van der Waals surface area (Å²) in [4.78, 5) is 26.6. The highest BCUT2D eigenvalue weighted by Gasteiger charge is 2.27. The molecule has 1 N–H and O–H groups in total. The van der Waals surface area contributed by atoms with Crippen LogP contribution in [-0.2, 0) is 30.2 Å². The molecule has 2 aromatic heterocycles. The highest BCUT2D eigenvalue weighted by molar-refractivity contribution is 5.95. The van der Waals surface area contributed by atoms with Gasteiger partial charge in [-0.2, -0.15) is 9.97 Å². The van der Waals surface area contributed by atoms with Crippen LogP contribution in [-0.4, -0.2) is 127 Å². The lowest BCUT2D eigenvalue weighted by Crippen LogP contribution is -2.38. The smallest absolute Gasteiger partial charge is 0.228 e. The molecule has 0 radical (unpaired) electrons. The first-order chi connectivity index (χ1) is 22.0. The molecule has 1 aliphatic rings. The van der Waals surface area contributed by atoms with Gasteiger partial charge in [0.15, 0.2) is 11.6 Å². The van der Waals surface area contributed by atoms with E-state index in [-0.39, 0.29) is 11.9 Å². The molecule has 0 amide bonds. The van der Waals surface area contributed by atoms with Gasteiger partial charge < -0.3 is 43.7 Å². The van der Waals surface area contributed by atoms with Crippen LogP contribution in [0.15, 0.2) is 24.3 Å². The van der Waals surface area contributed by atoms with Crippen molar-refractivity contribution in [2.45, 2.75) is 25.5 Å². The average Bonchev–Trinajstić information content (AvgIpc) is 3.07. The largest absolute Gasteiger partial charge is 0.383 e. The van der Waals surface area contributed by atoms with Crippen molar-refractivity contribution in [1.29, 1.82) is 0 Å². The molecule has 3 aromatic rings. The van der Waals surface area contributed by atoms with Crippen molar-refractivity contribution >= 4 is 34.6 Å². The van der Waals surface area contributed by atoms with Crippen LogP contribution >= 0.6 is 0 Å². The van der Waals surface area contributed by atoms with Crippen LogP contribution in [0.4, 0.5) is 27.9 Å². The second-order valence-corrected chi connectivity index (χ2v) is 10.8. The average molecular weight is 631 g/mol. The van der Waals surface area contributed by atoms with Gasteiger partial charge in [0.1, 0.15) is 16.9 Å². The number of piperidine rings is 1. The van der Waals surface area contributed by atoms with Crippen molar-refractivity contribution < 1.29 is 28.1 Å². The number of nitrogens with one attached hydrogen (secondary N) is 1. The maximum atomic E-state index is 14.1. The summed E-state index contributed by atoms with van der Waals surface area (Å²) in [7, 11) is 8.43. The van der Waals surface area contributed by atoms with Gasteiger partial charge in [-0.3, -0.25) is 0 Å². The minimum Gasteiger partial charge on any atom is -0.383 e. The van der Waals surface area contributed by atoms with E-state index in [0.717, 1.165) is 37.3 Å². The molecular formula is C31H47FN8O5. The number of hydrogen-bond acceptors (Lipinski definition) is 13. The van der Waals surface area contributed by atoms with Crippen LogP contribution in [0.2, 0.25) is 0 Å². The molecule has 13 nitrogen and oxygen atoms in total.